The molecular weight excluding hydrogens is 612 g/mol. The minimum atomic E-state index is -0.417. The molecule has 0 saturated carbocycles. The summed E-state index contributed by atoms with van der Waals surface area (Å²) in [6.07, 6.45) is -1.14. The Balaban J connectivity index is -0.0000000237. The van der Waals surface area contributed by atoms with E-state index in [-0.39, 0.29) is 43.4 Å². The van der Waals surface area contributed by atoms with Gasteiger partial charge in [-0.05, 0) is 25.9 Å². The molecule has 4 N–H and O–H groups in total. The minimum Gasteiger partial charge on any atom is -0.852 e. The van der Waals surface area contributed by atoms with Crippen LogP contribution in [0.3, 0.4) is 0 Å². The molecule has 0 aromatic rings. The Morgan fingerprint density at radius 3 is 0.333 bits per heavy atom. The molecule has 0 aliphatic carbocycles. The maximum Gasteiger partial charge on any atom is 4.00 e. The molecular formula is C30H74N2O8Ti2. The Hall–Kier alpha value is 1.03. The SMILES string of the molecule is CC(C)[O-].CC(C)[O-].CC(C)[O-].CC(C)[O-].CC(C)[O-].CC(C)[O-].CC(C)[O-].CC(C)[O-].CCCN.CCCN.[Ti+4].[Ti+4]. The molecule has 10 nitrogen and oxygen atoms in total. The van der Waals surface area contributed by atoms with Gasteiger partial charge >= 0.3 is 43.4 Å². The van der Waals surface area contributed by atoms with Crippen molar-refractivity contribution in [2.24, 2.45) is 11.5 Å². The molecule has 12 heteroatoms. The summed E-state index contributed by atoms with van der Waals surface area (Å²) in [4.78, 5) is 0. The van der Waals surface area contributed by atoms with Crippen molar-refractivity contribution >= 4 is 0 Å². The summed E-state index contributed by atoms with van der Waals surface area (Å²) < 4.78 is 0. The molecule has 0 heterocycles. The van der Waals surface area contributed by atoms with Crippen molar-refractivity contribution in [1.82, 2.24) is 0 Å². The summed E-state index contributed by atoms with van der Waals surface area (Å²) >= 11 is 0. The molecule has 0 fully saturated rings. The van der Waals surface area contributed by atoms with Crippen molar-refractivity contribution in [2.75, 3.05) is 13.1 Å². The molecule has 0 amide bonds. The second-order valence-electron chi connectivity index (χ2n) is 9.97. The van der Waals surface area contributed by atoms with Gasteiger partial charge in [0.25, 0.3) is 0 Å². The molecule has 260 valence electrons. The summed E-state index contributed by atoms with van der Waals surface area (Å²) in [5.41, 5.74) is 10.1. The van der Waals surface area contributed by atoms with Crippen LogP contribution >= 0.6 is 0 Å². The maximum absolute atomic E-state index is 9.53. The van der Waals surface area contributed by atoms with Gasteiger partial charge in [-0.15, -0.1) is 48.8 Å². The molecule has 0 unspecified atom stereocenters. The van der Waals surface area contributed by atoms with Gasteiger partial charge in [0.05, 0.1) is 0 Å². The van der Waals surface area contributed by atoms with Gasteiger partial charge in [-0.3, -0.25) is 0 Å². The molecule has 0 aliphatic heterocycles. The first-order valence-corrected chi connectivity index (χ1v) is 14.4. The summed E-state index contributed by atoms with van der Waals surface area (Å²) in [5, 5.41) is 76.2. The Morgan fingerprint density at radius 1 is 0.310 bits per heavy atom. The van der Waals surface area contributed by atoms with Crippen LogP contribution in [0.2, 0.25) is 0 Å². The van der Waals surface area contributed by atoms with Crippen LogP contribution in [0.15, 0.2) is 0 Å². The number of hydrogen-bond acceptors (Lipinski definition) is 10. The van der Waals surface area contributed by atoms with E-state index in [9.17, 15) is 40.9 Å². The largest absolute Gasteiger partial charge is 4.00 e. The van der Waals surface area contributed by atoms with E-state index in [2.05, 4.69) is 13.8 Å². The fourth-order valence-electron chi connectivity index (χ4n) is 0. The van der Waals surface area contributed by atoms with E-state index in [1.807, 2.05) is 0 Å². The molecule has 0 aliphatic rings. The summed E-state index contributed by atoms with van der Waals surface area (Å²) in [7, 11) is 0. The van der Waals surface area contributed by atoms with E-state index in [0.717, 1.165) is 25.9 Å². The zero-order valence-corrected chi connectivity index (χ0v) is 34.0. The van der Waals surface area contributed by atoms with E-state index < -0.39 is 48.8 Å². The normalized spacial score (nSPS) is 8.29. The molecule has 0 aromatic heterocycles. The van der Waals surface area contributed by atoms with E-state index in [4.69, 9.17) is 11.5 Å². The maximum atomic E-state index is 9.53. The van der Waals surface area contributed by atoms with Crippen molar-refractivity contribution < 1.29 is 84.3 Å². The van der Waals surface area contributed by atoms with Gasteiger partial charge in [-0.2, -0.15) is 0 Å². The molecule has 42 heavy (non-hydrogen) atoms. The fraction of sp³-hybridized carbons (Fsp3) is 1.00. The second kappa shape index (κ2) is 84.0. The Kier molecular flexibility index (Phi) is 158. The molecule has 0 spiro atoms. The van der Waals surface area contributed by atoms with Crippen molar-refractivity contribution in [3.05, 3.63) is 0 Å². The van der Waals surface area contributed by atoms with Gasteiger partial charge in [0.2, 0.25) is 0 Å². The first kappa shape index (κ1) is 78.9. The monoisotopic (exact) mass is 686 g/mol. The van der Waals surface area contributed by atoms with Gasteiger partial charge < -0.3 is 52.3 Å². The molecule has 0 radical (unpaired) electrons. The molecule has 0 saturated heterocycles. The third-order valence-corrected chi connectivity index (χ3v) is 0.577. The van der Waals surface area contributed by atoms with Gasteiger partial charge in [-0.25, -0.2) is 0 Å². The fourth-order valence-corrected chi connectivity index (χ4v) is 0. The minimum absolute atomic E-state index is 0. The standard InChI is InChI=1S/2C3H9N.8C3H7O.2Ti/c2*1-2-3-4;8*1-3(2)4;;/h2*2-4H2,1H3;8*3H,1-2H3;;/q;;8*-1;2*+4. The van der Waals surface area contributed by atoms with Gasteiger partial charge in [0.1, 0.15) is 0 Å². The van der Waals surface area contributed by atoms with Crippen LogP contribution in [0.5, 0.6) is 0 Å². The van der Waals surface area contributed by atoms with Crippen molar-refractivity contribution in [2.45, 2.75) is 186 Å². The third kappa shape index (κ3) is 7170. The zero-order chi connectivity index (χ0) is 35.4. The van der Waals surface area contributed by atoms with Crippen LogP contribution in [0.25, 0.3) is 0 Å². The van der Waals surface area contributed by atoms with Crippen LogP contribution < -0.4 is 52.3 Å². The quantitative estimate of drug-likeness (QED) is 0.327. The topological polar surface area (TPSA) is 237 Å². The average Bonchev–Trinajstić information content (AvgIpc) is 2.64. The predicted octanol–water partition coefficient (Wildman–Crippen LogP) is -1.25. The van der Waals surface area contributed by atoms with Crippen molar-refractivity contribution in [3.8, 4) is 0 Å². The van der Waals surface area contributed by atoms with Gasteiger partial charge in [0.15, 0.2) is 0 Å². The third-order valence-electron chi connectivity index (χ3n) is 0.577. The van der Waals surface area contributed by atoms with E-state index >= 15 is 0 Å². The predicted molar refractivity (Wildman–Crippen MR) is 160 cm³/mol. The molecule has 0 aromatic carbocycles. The Labute approximate surface area is 293 Å². The first-order chi connectivity index (χ1) is 17.7. The molecule has 0 bridgehead atoms. The number of hydrogen-bond donors (Lipinski definition) is 2. The van der Waals surface area contributed by atoms with Gasteiger partial charge in [0, 0.05) is 0 Å². The van der Waals surface area contributed by atoms with Crippen LogP contribution in [-0.4, -0.2) is 61.9 Å². The van der Waals surface area contributed by atoms with E-state index in [1.165, 1.54) is 0 Å². The first-order valence-electron chi connectivity index (χ1n) is 14.4. The molecule has 0 rings (SSSR count). The smallest absolute Gasteiger partial charge is 0.852 e. The summed E-state index contributed by atoms with van der Waals surface area (Å²) in [5.74, 6) is 0. The number of rotatable bonds is 2. The van der Waals surface area contributed by atoms with Gasteiger partial charge in [-0.1, -0.05) is 125 Å². The zero-order valence-electron chi connectivity index (χ0n) is 30.9. The number of nitrogens with two attached hydrogens (primary N) is 2. The van der Waals surface area contributed by atoms with E-state index in [1.54, 1.807) is 111 Å². The van der Waals surface area contributed by atoms with Crippen molar-refractivity contribution in [3.63, 3.8) is 0 Å². The summed E-state index contributed by atoms with van der Waals surface area (Å²) in [6, 6.07) is 0. The van der Waals surface area contributed by atoms with E-state index in [0.29, 0.717) is 0 Å². The van der Waals surface area contributed by atoms with Crippen molar-refractivity contribution in [1.29, 1.82) is 0 Å². The Morgan fingerprint density at radius 2 is 0.333 bits per heavy atom. The van der Waals surface area contributed by atoms with Crippen LogP contribution in [0.4, 0.5) is 0 Å². The second-order valence-corrected chi connectivity index (χ2v) is 9.97. The molecule has 0 atom stereocenters. The van der Waals surface area contributed by atoms with Crippen LogP contribution in [0.1, 0.15) is 137 Å². The average molecular weight is 687 g/mol. The Bertz CT molecular complexity index is 202. The van der Waals surface area contributed by atoms with Crippen LogP contribution in [0, 0.1) is 0 Å². The summed E-state index contributed by atoms with van der Waals surface area (Å²) in [6.45, 7) is 31.5. The van der Waals surface area contributed by atoms with Crippen LogP contribution in [-0.2, 0) is 43.4 Å².